The molecule has 0 saturated carbocycles. The fourth-order valence-corrected chi connectivity index (χ4v) is 2.19. The summed E-state index contributed by atoms with van der Waals surface area (Å²) in [4.78, 5) is 10.9. The van der Waals surface area contributed by atoms with Crippen LogP contribution in [-0.4, -0.2) is 11.1 Å². The van der Waals surface area contributed by atoms with E-state index >= 15 is 0 Å². The molecule has 1 aromatic carbocycles. The van der Waals surface area contributed by atoms with Crippen LogP contribution in [0.2, 0.25) is 0 Å². The molecule has 0 radical (unpaired) electrons. The van der Waals surface area contributed by atoms with Crippen molar-refractivity contribution in [3.63, 3.8) is 0 Å². The Kier molecular flexibility index (Phi) is 2.00. The van der Waals surface area contributed by atoms with Crippen LogP contribution >= 0.6 is 11.3 Å². The number of carbonyl (C=O) groups is 1. The van der Waals surface area contributed by atoms with Crippen LogP contribution in [0.25, 0.3) is 10.1 Å². The highest BCUT2D eigenvalue weighted by Crippen LogP contribution is 2.27. The van der Waals surface area contributed by atoms with Gasteiger partial charge in [0, 0.05) is 4.70 Å². The molecule has 0 aliphatic rings. The van der Waals surface area contributed by atoms with Gasteiger partial charge in [-0.3, -0.25) is 0 Å². The monoisotopic (exact) mass is 210 g/mol. The molecule has 1 aromatic heterocycles. The summed E-state index contributed by atoms with van der Waals surface area (Å²) >= 11 is 1.09. The van der Waals surface area contributed by atoms with E-state index in [9.17, 15) is 9.18 Å². The average molecular weight is 210 g/mol. The van der Waals surface area contributed by atoms with Gasteiger partial charge in [0.05, 0.1) is 0 Å². The van der Waals surface area contributed by atoms with E-state index < -0.39 is 5.97 Å². The molecular weight excluding hydrogens is 203 g/mol. The lowest BCUT2D eigenvalue weighted by molar-refractivity contribution is 0.0702. The van der Waals surface area contributed by atoms with E-state index in [0.29, 0.717) is 10.3 Å². The van der Waals surface area contributed by atoms with E-state index in [1.54, 1.807) is 19.1 Å². The summed E-state index contributed by atoms with van der Waals surface area (Å²) in [5, 5.41) is 9.52. The lowest BCUT2D eigenvalue weighted by Gasteiger charge is -1.94. The second-order valence-electron chi connectivity index (χ2n) is 3.06. The van der Waals surface area contributed by atoms with Crippen molar-refractivity contribution in [2.75, 3.05) is 0 Å². The van der Waals surface area contributed by atoms with E-state index in [-0.39, 0.29) is 10.7 Å². The van der Waals surface area contributed by atoms with E-state index in [2.05, 4.69) is 0 Å². The molecule has 0 aliphatic heterocycles. The number of aryl methyl sites for hydroxylation is 1. The summed E-state index contributed by atoms with van der Waals surface area (Å²) in [6, 6.07) is 4.60. The van der Waals surface area contributed by atoms with Crippen molar-refractivity contribution in [3.05, 3.63) is 34.5 Å². The van der Waals surface area contributed by atoms with Crippen LogP contribution in [0.3, 0.4) is 0 Å². The van der Waals surface area contributed by atoms with Gasteiger partial charge in [0.15, 0.2) is 0 Å². The number of fused-ring (bicyclic) bond motifs is 1. The van der Waals surface area contributed by atoms with Gasteiger partial charge in [-0.05, 0) is 36.1 Å². The third-order valence-electron chi connectivity index (χ3n) is 2.01. The molecule has 0 bridgehead atoms. The predicted octanol–water partition coefficient (Wildman–Crippen LogP) is 3.05. The number of hydrogen-bond donors (Lipinski definition) is 1. The minimum Gasteiger partial charge on any atom is -0.477 e. The Bertz CT molecular complexity index is 477. The Morgan fingerprint density at radius 1 is 1.43 bits per heavy atom. The molecular formula is C10H7FO2S. The summed E-state index contributed by atoms with van der Waals surface area (Å²) in [5.41, 5.74) is 0.534. The van der Waals surface area contributed by atoms with Crippen molar-refractivity contribution in [2.45, 2.75) is 6.92 Å². The molecule has 0 spiro atoms. The molecule has 2 rings (SSSR count). The minimum absolute atomic E-state index is 0.241. The Hall–Kier alpha value is -1.42. The molecule has 0 unspecified atom stereocenters. The Balaban J connectivity index is 2.72. The van der Waals surface area contributed by atoms with E-state index in [0.717, 1.165) is 16.7 Å². The van der Waals surface area contributed by atoms with Gasteiger partial charge in [0.1, 0.15) is 10.7 Å². The van der Waals surface area contributed by atoms with Crippen molar-refractivity contribution in [2.24, 2.45) is 0 Å². The van der Waals surface area contributed by atoms with Crippen LogP contribution < -0.4 is 0 Å². The van der Waals surface area contributed by atoms with Crippen LogP contribution in [0.15, 0.2) is 18.2 Å². The van der Waals surface area contributed by atoms with Crippen molar-refractivity contribution in [1.82, 2.24) is 0 Å². The lowest BCUT2D eigenvalue weighted by Crippen LogP contribution is -1.89. The number of carboxylic acid groups (broad SMARTS) is 1. The van der Waals surface area contributed by atoms with Crippen LogP contribution in [0.5, 0.6) is 0 Å². The standard InChI is InChI=1S/C10H7FO2S/c1-5-2-6-3-9(10(12)13)14-8(6)4-7(5)11/h2-4H,1H3,(H,12,13). The first-order chi connectivity index (χ1) is 6.58. The molecule has 14 heavy (non-hydrogen) atoms. The molecule has 0 aliphatic carbocycles. The zero-order valence-electron chi connectivity index (χ0n) is 7.37. The molecule has 0 atom stereocenters. The van der Waals surface area contributed by atoms with Gasteiger partial charge < -0.3 is 5.11 Å². The molecule has 2 aromatic rings. The summed E-state index contributed by atoms with van der Waals surface area (Å²) in [5.74, 6) is -1.26. The maximum absolute atomic E-state index is 13.1. The van der Waals surface area contributed by atoms with Crippen LogP contribution in [-0.2, 0) is 0 Å². The SMILES string of the molecule is Cc1cc2cc(C(=O)O)sc2cc1F. The summed E-state index contributed by atoms with van der Waals surface area (Å²) in [6.45, 7) is 1.66. The van der Waals surface area contributed by atoms with Crippen LogP contribution in [0, 0.1) is 12.7 Å². The van der Waals surface area contributed by atoms with E-state index in [1.165, 1.54) is 6.07 Å². The van der Waals surface area contributed by atoms with Gasteiger partial charge in [-0.1, -0.05) is 0 Å². The molecule has 0 fully saturated rings. The number of thiophene rings is 1. The largest absolute Gasteiger partial charge is 0.477 e. The molecule has 1 heterocycles. The fourth-order valence-electron chi connectivity index (χ4n) is 1.28. The first kappa shape index (κ1) is 9.15. The fraction of sp³-hybridized carbons (Fsp3) is 0.100. The zero-order chi connectivity index (χ0) is 10.3. The molecule has 0 amide bonds. The van der Waals surface area contributed by atoms with E-state index in [1.807, 2.05) is 0 Å². The predicted molar refractivity (Wildman–Crippen MR) is 53.5 cm³/mol. The smallest absolute Gasteiger partial charge is 0.345 e. The van der Waals surface area contributed by atoms with Gasteiger partial charge in [0.2, 0.25) is 0 Å². The molecule has 0 saturated heterocycles. The number of halogens is 1. The average Bonchev–Trinajstić information content (AvgIpc) is 2.48. The molecule has 2 nitrogen and oxygen atoms in total. The quantitative estimate of drug-likeness (QED) is 0.785. The third kappa shape index (κ3) is 1.37. The second kappa shape index (κ2) is 3.06. The summed E-state index contributed by atoms with van der Waals surface area (Å²) in [6.07, 6.45) is 0. The Morgan fingerprint density at radius 2 is 2.14 bits per heavy atom. The van der Waals surface area contributed by atoms with Gasteiger partial charge in [0.25, 0.3) is 0 Å². The molecule has 72 valence electrons. The van der Waals surface area contributed by atoms with Gasteiger partial charge in [-0.25, -0.2) is 9.18 Å². The van der Waals surface area contributed by atoms with Crippen molar-refractivity contribution >= 4 is 27.4 Å². The topological polar surface area (TPSA) is 37.3 Å². The molecule has 1 N–H and O–H groups in total. The van der Waals surface area contributed by atoms with Gasteiger partial charge in [-0.2, -0.15) is 0 Å². The van der Waals surface area contributed by atoms with E-state index in [4.69, 9.17) is 5.11 Å². The number of carboxylic acids is 1. The highest BCUT2D eigenvalue weighted by molar-refractivity contribution is 7.20. The maximum atomic E-state index is 13.1. The number of benzene rings is 1. The molecule has 4 heteroatoms. The third-order valence-corrected chi connectivity index (χ3v) is 3.09. The minimum atomic E-state index is -0.968. The van der Waals surface area contributed by atoms with Crippen molar-refractivity contribution in [3.8, 4) is 0 Å². The van der Waals surface area contributed by atoms with Crippen LogP contribution in [0.4, 0.5) is 4.39 Å². The second-order valence-corrected chi connectivity index (χ2v) is 4.14. The number of hydrogen-bond acceptors (Lipinski definition) is 2. The Morgan fingerprint density at radius 3 is 2.79 bits per heavy atom. The number of aromatic carboxylic acids is 1. The number of rotatable bonds is 1. The highest BCUT2D eigenvalue weighted by Gasteiger charge is 2.09. The zero-order valence-corrected chi connectivity index (χ0v) is 8.19. The van der Waals surface area contributed by atoms with Gasteiger partial charge in [-0.15, -0.1) is 11.3 Å². The van der Waals surface area contributed by atoms with Crippen LogP contribution in [0.1, 0.15) is 15.2 Å². The first-order valence-corrected chi connectivity index (χ1v) is 4.82. The first-order valence-electron chi connectivity index (χ1n) is 4.01. The summed E-state index contributed by atoms with van der Waals surface area (Å²) in [7, 11) is 0. The highest BCUT2D eigenvalue weighted by atomic mass is 32.1. The normalized spacial score (nSPS) is 10.7. The van der Waals surface area contributed by atoms with Gasteiger partial charge >= 0.3 is 5.97 Å². The van der Waals surface area contributed by atoms with Crippen molar-refractivity contribution < 1.29 is 14.3 Å². The lowest BCUT2D eigenvalue weighted by atomic mass is 10.2. The van der Waals surface area contributed by atoms with Crippen molar-refractivity contribution in [1.29, 1.82) is 0 Å². The Labute approximate surface area is 83.6 Å². The maximum Gasteiger partial charge on any atom is 0.345 e. The summed E-state index contributed by atoms with van der Waals surface area (Å²) < 4.78 is 13.8.